The highest BCUT2D eigenvalue weighted by atomic mass is 19.2. The van der Waals surface area contributed by atoms with Crippen LogP contribution in [0.25, 0.3) is 10.8 Å². The molecule has 156 valence electrons. The van der Waals surface area contributed by atoms with Gasteiger partial charge in [-0.25, -0.2) is 22.0 Å². The first-order chi connectivity index (χ1) is 14.4. The van der Waals surface area contributed by atoms with Crippen LogP contribution in [0.5, 0.6) is 0 Å². The molecule has 3 aromatic carbocycles. The fourth-order valence-corrected chi connectivity index (χ4v) is 3.32. The Morgan fingerprint density at radius 3 is 2.10 bits per heavy atom. The lowest BCUT2D eigenvalue weighted by Gasteiger charge is -2.07. The first-order valence-electron chi connectivity index (χ1n) is 9.98. The van der Waals surface area contributed by atoms with E-state index in [2.05, 4.69) is 18.8 Å². The van der Waals surface area contributed by atoms with Crippen molar-refractivity contribution in [3.63, 3.8) is 0 Å². The van der Waals surface area contributed by atoms with Crippen molar-refractivity contribution >= 4 is 10.8 Å². The van der Waals surface area contributed by atoms with Gasteiger partial charge < -0.3 is 0 Å². The van der Waals surface area contributed by atoms with Gasteiger partial charge in [0.25, 0.3) is 0 Å². The van der Waals surface area contributed by atoms with Crippen molar-refractivity contribution in [2.75, 3.05) is 0 Å². The van der Waals surface area contributed by atoms with E-state index in [-0.39, 0.29) is 17.5 Å². The molecule has 0 aliphatic heterocycles. The predicted octanol–water partition coefficient (Wildman–Crippen LogP) is 7.45. The Labute approximate surface area is 172 Å². The Balaban J connectivity index is 1.83. The summed E-state index contributed by atoms with van der Waals surface area (Å²) in [5.41, 5.74) is -0.253. The minimum Gasteiger partial charge on any atom is -0.207 e. The lowest BCUT2D eigenvalue weighted by molar-refractivity contribution is 0.473. The number of halogens is 5. The van der Waals surface area contributed by atoms with Crippen LogP contribution in [0.1, 0.15) is 55.7 Å². The summed E-state index contributed by atoms with van der Waals surface area (Å²) >= 11 is 0. The minimum absolute atomic E-state index is 0.138. The number of unbranched alkanes of at least 4 members (excludes halogenated alkanes) is 4. The third-order valence-electron chi connectivity index (χ3n) is 5.00. The van der Waals surface area contributed by atoms with Crippen molar-refractivity contribution in [1.82, 2.24) is 0 Å². The van der Waals surface area contributed by atoms with Crippen LogP contribution < -0.4 is 0 Å². The van der Waals surface area contributed by atoms with Crippen molar-refractivity contribution in [2.24, 2.45) is 0 Å². The molecule has 0 aromatic heterocycles. The summed E-state index contributed by atoms with van der Waals surface area (Å²) in [6.45, 7) is 2.07. The number of fused-ring (bicyclic) bond motifs is 1. The molecule has 0 amide bonds. The summed E-state index contributed by atoms with van der Waals surface area (Å²) < 4.78 is 69.8. The molecule has 30 heavy (non-hydrogen) atoms. The van der Waals surface area contributed by atoms with Gasteiger partial charge in [0.05, 0.1) is 5.56 Å². The molecule has 0 spiro atoms. The fourth-order valence-electron chi connectivity index (χ4n) is 3.32. The maximum absolute atomic E-state index is 14.4. The van der Waals surface area contributed by atoms with Crippen LogP contribution in [0.2, 0.25) is 0 Å². The topological polar surface area (TPSA) is 0 Å². The second-order valence-electron chi connectivity index (χ2n) is 7.25. The average Bonchev–Trinajstić information content (AvgIpc) is 2.72. The van der Waals surface area contributed by atoms with E-state index in [9.17, 15) is 22.0 Å². The summed E-state index contributed by atoms with van der Waals surface area (Å²) in [4.78, 5) is 0. The molecule has 0 fully saturated rings. The smallest absolute Gasteiger partial charge is 0.174 e. The van der Waals surface area contributed by atoms with Crippen LogP contribution in [0.15, 0.2) is 36.4 Å². The molecule has 0 heterocycles. The van der Waals surface area contributed by atoms with Gasteiger partial charge in [-0.1, -0.05) is 50.5 Å². The number of rotatable bonds is 6. The second-order valence-corrected chi connectivity index (χ2v) is 7.25. The zero-order valence-electron chi connectivity index (χ0n) is 16.6. The quantitative estimate of drug-likeness (QED) is 0.169. The Bertz CT molecular complexity index is 1120. The van der Waals surface area contributed by atoms with Gasteiger partial charge in [0.1, 0.15) is 5.82 Å². The predicted molar refractivity (Wildman–Crippen MR) is 109 cm³/mol. The van der Waals surface area contributed by atoms with E-state index >= 15 is 0 Å². The molecule has 3 aromatic rings. The summed E-state index contributed by atoms with van der Waals surface area (Å²) in [6, 6.07) is 7.59. The van der Waals surface area contributed by atoms with E-state index in [4.69, 9.17) is 0 Å². The van der Waals surface area contributed by atoms with Crippen LogP contribution in [-0.4, -0.2) is 0 Å². The van der Waals surface area contributed by atoms with Crippen LogP contribution in [0.3, 0.4) is 0 Å². The van der Waals surface area contributed by atoms with Gasteiger partial charge >= 0.3 is 0 Å². The fraction of sp³-hybridized carbons (Fsp3) is 0.280. The van der Waals surface area contributed by atoms with E-state index in [1.165, 1.54) is 6.07 Å². The van der Waals surface area contributed by atoms with E-state index in [0.29, 0.717) is 22.8 Å². The van der Waals surface area contributed by atoms with Crippen LogP contribution in [0, 0.1) is 40.9 Å². The first-order valence-corrected chi connectivity index (χ1v) is 9.98. The summed E-state index contributed by atoms with van der Waals surface area (Å²) in [5, 5.41) is 0.892. The largest absolute Gasteiger partial charge is 0.207 e. The van der Waals surface area contributed by atoms with Crippen molar-refractivity contribution in [3.8, 4) is 11.8 Å². The SMILES string of the molecule is CCCCCCCc1c(F)cc(C#Cc2ccc3cc(F)c(F)cc3c2)c(F)c1F. The normalized spacial score (nSPS) is 10.9. The molecule has 0 radical (unpaired) electrons. The Kier molecular flexibility index (Phi) is 7.10. The molecule has 0 saturated heterocycles. The molecule has 0 aliphatic carbocycles. The van der Waals surface area contributed by atoms with E-state index in [1.54, 1.807) is 12.1 Å². The van der Waals surface area contributed by atoms with Crippen molar-refractivity contribution in [3.05, 3.63) is 82.2 Å². The third-order valence-corrected chi connectivity index (χ3v) is 5.00. The zero-order chi connectivity index (χ0) is 21.7. The Morgan fingerprint density at radius 2 is 1.37 bits per heavy atom. The number of hydrogen-bond acceptors (Lipinski definition) is 0. The van der Waals surface area contributed by atoms with Crippen molar-refractivity contribution < 1.29 is 22.0 Å². The molecular formula is C25H21F5. The highest BCUT2D eigenvalue weighted by molar-refractivity contribution is 5.84. The van der Waals surface area contributed by atoms with Gasteiger partial charge in [0, 0.05) is 11.1 Å². The zero-order valence-corrected chi connectivity index (χ0v) is 16.6. The lowest BCUT2D eigenvalue weighted by Crippen LogP contribution is -2.02. The summed E-state index contributed by atoms with van der Waals surface area (Å²) in [5.74, 6) is -0.0796. The molecule has 5 heteroatoms. The molecule has 0 bridgehead atoms. The second kappa shape index (κ2) is 9.75. The molecule has 0 nitrogen and oxygen atoms in total. The van der Waals surface area contributed by atoms with E-state index in [1.807, 2.05) is 0 Å². The van der Waals surface area contributed by atoms with Gasteiger partial charge in [-0.2, -0.15) is 0 Å². The standard InChI is InChI=1S/C25H21F5/c1-2-3-4-5-6-7-20-21(26)14-18(24(29)25(20)30)11-9-16-8-10-17-13-22(27)23(28)15-19(17)12-16/h8,10,12-15H,2-7H2,1H3. The molecular weight excluding hydrogens is 395 g/mol. The van der Waals surface area contributed by atoms with E-state index < -0.39 is 29.1 Å². The maximum atomic E-state index is 14.4. The van der Waals surface area contributed by atoms with Crippen molar-refractivity contribution in [2.45, 2.75) is 45.4 Å². The first kappa shape index (κ1) is 21.8. The molecule has 0 atom stereocenters. The monoisotopic (exact) mass is 416 g/mol. The van der Waals surface area contributed by atoms with Crippen LogP contribution in [-0.2, 0) is 6.42 Å². The number of hydrogen-bond donors (Lipinski definition) is 0. The van der Waals surface area contributed by atoms with Crippen LogP contribution in [0.4, 0.5) is 22.0 Å². The number of benzene rings is 3. The lowest BCUT2D eigenvalue weighted by atomic mass is 10.0. The minimum atomic E-state index is -1.20. The highest BCUT2D eigenvalue weighted by Gasteiger charge is 2.17. The molecule has 0 saturated carbocycles. The maximum Gasteiger partial charge on any atom is 0.174 e. The van der Waals surface area contributed by atoms with Gasteiger partial charge in [-0.15, -0.1) is 0 Å². The summed E-state index contributed by atoms with van der Waals surface area (Å²) in [7, 11) is 0. The molecule has 0 unspecified atom stereocenters. The van der Waals surface area contributed by atoms with Gasteiger partial charge in [0.2, 0.25) is 0 Å². The summed E-state index contributed by atoms with van der Waals surface area (Å²) in [6.07, 6.45) is 4.67. The highest BCUT2D eigenvalue weighted by Crippen LogP contribution is 2.23. The molecule has 3 rings (SSSR count). The van der Waals surface area contributed by atoms with Gasteiger partial charge in [-0.3, -0.25) is 0 Å². The molecule has 0 aliphatic rings. The third kappa shape index (κ3) is 4.99. The molecule has 0 N–H and O–H groups in total. The average molecular weight is 416 g/mol. The van der Waals surface area contributed by atoms with Gasteiger partial charge in [-0.05, 0) is 53.9 Å². The van der Waals surface area contributed by atoms with Crippen LogP contribution >= 0.6 is 0 Å². The Morgan fingerprint density at radius 1 is 0.667 bits per heavy atom. The van der Waals surface area contributed by atoms with E-state index in [0.717, 1.165) is 43.9 Å². The Hall–Kier alpha value is -2.87. The van der Waals surface area contributed by atoms with Crippen molar-refractivity contribution in [1.29, 1.82) is 0 Å². The van der Waals surface area contributed by atoms with Gasteiger partial charge in [0.15, 0.2) is 23.3 Å².